The maximum Gasteiger partial charge on any atom is 0.323 e. The molecule has 0 heterocycles. The number of rotatable bonds is 6. The normalized spacial score (nSPS) is 25.7. The standard InChI is InChI=1S/C16H22BrNO2S/c1-2-10-18-16(15(19)20)9-5-6-12(11-16)21-14-8-4-3-7-13(14)17/h3-4,7-8,12,18H,2,5-6,9-11H2,1H3,(H,19,20). The summed E-state index contributed by atoms with van der Waals surface area (Å²) in [6.45, 7) is 2.83. The lowest BCUT2D eigenvalue weighted by molar-refractivity contribution is -0.146. The van der Waals surface area contributed by atoms with Crippen LogP contribution in [-0.4, -0.2) is 28.4 Å². The average molecular weight is 372 g/mol. The van der Waals surface area contributed by atoms with Crippen LogP contribution in [0.5, 0.6) is 0 Å². The highest BCUT2D eigenvalue weighted by Gasteiger charge is 2.42. The first-order chi connectivity index (χ1) is 10.1. The second kappa shape index (κ2) is 7.65. The zero-order valence-electron chi connectivity index (χ0n) is 12.3. The minimum absolute atomic E-state index is 0.345. The maximum absolute atomic E-state index is 11.8. The van der Waals surface area contributed by atoms with E-state index in [-0.39, 0.29) is 0 Å². The number of carboxylic acids is 1. The molecule has 1 aromatic rings. The number of benzene rings is 1. The summed E-state index contributed by atoms with van der Waals surface area (Å²) in [6, 6.07) is 8.14. The van der Waals surface area contributed by atoms with Gasteiger partial charge < -0.3 is 10.4 Å². The largest absolute Gasteiger partial charge is 0.480 e. The highest BCUT2D eigenvalue weighted by Crippen LogP contribution is 2.40. The second-order valence-corrected chi connectivity index (χ2v) is 7.78. The number of hydrogen-bond donors (Lipinski definition) is 2. The Hall–Kier alpha value is -0.520. The van der Waals surface area contributed by atoms with Crippen LogP contribution in [0, 0.1) is 0 Å². The summed E-state index contributed by atoms with van der Waals surface area (Å²) >= 11 is 5.36. The Morgan fingerprint density at radius 2 is 2.29 bits per heavy atom. The van der Waals surface area contributed by atoms with Crippen LogP contribution in [-0.2, 0) is 4.79 Å². The molecule has 3 nitrogen and oxygen atoms in total. The van der Waals surface area contributed by atoms with Gasteiger partial charge in [0.1, 0.15) is 5.54 Å². The van der Waals surface area contributed by atoms with E-state index in [1.807, 2.05) is 18.2 Å². The third-order valence-corrected chi connectivity index (χ3v) is 6.26. The first-order valence-electron chi connectivity index (χ1n) is 7.47. The Morgan fingerprint density at radius 1 is 1.52 bits per heavy atom. The summed E-state index contributed by atoms with van der Waals surface area (Å²) in [5.74, 6) is -0.701. The molecule has 1 fully saturated rings. The third kappa shape index (κ3) is 4.24. The zero-order valence-corrected chi connectivity index (χ0v) is 14.7. The SMILES string of the molecule is CCCNC1(C(=O)O)CCCC(Sc2ccccc2Br)C1. The fourth-order valence-corrected chi connectivity index (χ4v) is 4.75. The van der Waals surface area contributed by atoms with Gasteiger partial charge in [0.25, 0.3) is 0 Å². The Balaban J connectivity index is 2.08. The minimum Gasteiger partial charge on any atom is -0.480 e. The van der Waals surface area contributed by atoms with Crippen LogP contribution in [0.25, 0.3) is 0 Å². The van der Waals surface area contributed by atoms with E-state index in [1.165, 1.54) is 4.90 Å². The van der Waals surface area contributed by atoms with Crippen LogP contribution in [0.3, 0.4) is 0 Å². The molecule has 2 atom stereocenters. The van der Waals surface area contributed by atoms with Crippen molar-refractivity contribution in [1.29, 1.82) is 0 Å². The molecule has 0 amide bonds. The minimum atomic E-state index is -0.743. The molecule has 2 N–H and O–H groups in total. The number of carboxylic acid groups (broad SMARTS) is 1. The molecule has 1 aliphatic carbocycles. The number of thioether (sulfide) groups is 1. The highest BCUT2D eigenvalue weighted by molar-refractivity contribution is 9.10. The Labute approximate surface area is 139 Å². The van der Waals surface area contributed by atoms with Crippen LogP contribution in [0.15, 0.2) is 33.6 Å². The molecular formula is C16H22BrNO2S. The molecule has 0 radical (unpaired) electrons. The number of aliphatic carboxylic acids is 1. The fourth-order valence-electron chi connectivity index (χ4n) is 2.84. The first kappa shape index (κ1) is 16.8. The molecule has 1 aliphatic rings. The molecule has 0 spiro atoms. The van der Waals surface area contributed by atoms with E-state index in [4.69, 9.17) is 0 Å². The van der Waals surface area contributed by atoms with Gasteiger partial charge in [0.2, 0.25) is 0 Å². The molecule has 0 aliphatic heterocycles. The van der Waals surface area contributed by atoms with Crippen molar-refractivity contribution in [2.75, 3.05) is 6.54 Å². The van der Waals surface area contributed by atoms with Crippen molar-refractivity contribution in [3.05, 3.63) is 28.7 Å². The molecule has 116 valence electrons. The Morgan fingerprint density at radius 3 is 2.95 bits per heavy atom. The van der Waals surface area contributed by atoms with Crippen LogP contribution in [0.2, 0.25) is 0 Å². The lowest BCUT2D eigenvalue weighted by Gasteiger charge is -2.38. The van der Waals surface area contributed by atoms with Gasteiger partial charge in [-0.3, -0.25) is 4.79 Å². The number of hydrogen-bond acceptors (Lipinski definition) is 3. The van der Waals surface area contributed by atoms with Gasteiger partial charge in [-0.1, -0.05) is 19.1 Å². The van der Waals surface area contributed by atoms with E-state index >= 15 is 0 Å². The molecule has 0 saturated heterocycles. The Bertz CT molecular complexity index is 497. The van der Waals surface area contributed by atoms with Crippen molar-refractivity contribution in [3.63, 3.8) is 0 Å². The summed E-state index contributed by atoms with van der Waals surface area (Å²) in [6.07, 6.45) is 4.42. The summed E-state index contributed by atoms with van der Waals surface area (Å²) < 4.78 is 1.09. The molecule has 1 aromatic carbocycles. The van der Waals surface area contributed by atoms with Gasteiger partial charge in [-0.2, -0.15) is 0 Å². The molecular weight excluding hydrogens is 350 g/mol. The summed E-state index contributed by atoms with van der Waals surface area (Å²) in [7, 11) is 0. The zero-order chi connectivity index (χ0) is 15.3. The van der Waals surface area contributed by atoms with E-state index in [0.29, 0.717) is 11.7 Å². The molecule has 5 heteroatoms. The lowest BCUT2D eigenvalue weighted by Crippen LogP contribution is -2.55. The van der Waals surface area contributed by atoms with Crippen LogP contribution in [0.1, 0.15) is 39.0 Å². The topological polar surface area (TPSA) is 49.3 Å². The van der Waals surface area contributed by atoms with Crippen molar-refractivity contribution >= 4 is 33.7 Å². The molecule has 2 unspecified atom stereocenters. The first-order valence-corrected chi connectivity index (χ1v) is 9.14. The molecule has 21 heavy (non-hydrogen) atoms. The Kier molecular flexibility index (Phi) is 6.14. The average Bonchev–Trinajstić information content (AvgIpc) is 2.48. The number of nitrogens with one attached hydrogen (secondary N) is 1. The third-order valence-electron chi connectivity index (χ3n) is 3.96. The van der Waals surface area contributed by atoms with Crippen molar-refractivity contribution in [2.45, 2.75) is 54.7 Å². The predicted molar refractivity (Wildman–Crippen MR) is 90.9 cm³/mol. The van der Waals surface area contributed by atoms with E-state index in [2.05, 4.69) is 34.2 Å². The van der Waals surface area contributed by atoms with Crippen molar-refractivity contribution in [1.82, 2.24) is 5.32 Å². The van der Waals surface area contributed by atoms with E-state index in [1.54, 1.807) is 11.8 Å². The van der Waals surface area contributed by atoms with Crippen molar-refractivity contribution in [2.24, 2.45) is 0 Å². The van der Waals surface area contributed by atoms with Gasteiger partial charge >= 0.3 is 5.97 Å². The van der Waals surface area contributed by atoms with Gasteiger partial charge in [0.05, 0.1) is 0 Å². The van der Waals surface area contributed by atoms with Crippen LogP contribution in [0.4, 0.5) is 0 Å². The summed E-state index contributed by atoms with van der Waals surface area (Å²) in [5, 5.41) is 13.3. The van der Waals surface area contributed by atoms with Gasteiger partial charge in [0, 0.05) is 14.6 Å². The van der Waals surface area contributed by atoms with E-state index in [9.17, 15) is 9.90 Å². The molecule has 0 aromatic heterocycles. The second-order valence-electron chi connectivity index (χ2n) is 5.58. The number of carbonyl (C=O) groups is 1. The van der Waals surface area contributed by atoms with E-state index in [0.717, 1.165) is 36.7 Å². The maximum atomic E-state index is 11.8. The smallest absolute Gasteiger partial charge is 0.323 e. The molecule has 0 bridgehead atoms. The van der Waals surface area contributed by atoms with Gasteiger partial charge in [0.15, 0.2) is 0 Å². The molecule has 1 saturated carbocycles. The molecule has 2 rings (SSSR count). The lowest BCUT2D eigenvalue weighted by atomic mass is 9.81. The van der Waals surface area contributed by atoms with Gasteiger partial charge in [-0.05, 0) is 66.7 Å². The van der Waals surface area contributed by atoms with E-state index < -0.39 is 11.5 Å². The van der Waals surface area contributed by atoms with Gasteiger partial charge in [-0.15, -0.1) is 11.8 Å². The van der Waals surface area contributed by atoms with Crippen LogP contribution >= 0.6 is 27.7 Å². The summed E-state index contributed by atoms with van der Waals surface area (Å²) in [5.41, 5.74) is -0.743. The van der Waals surface area contributed by atoms with Gasteiger partial charge in [-0.25, -0.2) is 0 Å². The fraction of sp³-hybridized carbons (Fsp3) is 0.562. The summed E-state index contributed by atoms with van der Waals surface area (Å²) in [4.78, 5) is 13.0. The highest BCUT2D eigenvalue weighted by atomic mass is 79.9. The van der Waals surface area contributed by atoms with Crippen LogP contribution < -0.4 is 5.32 Å². The number of halogens is 1. The monoisotopic (exact) mass is 371 g/mol. The quantitative estimate of drug-likeness (QED) is 0.782. The van der Waals surface area contributed by atoms with Crippen molar-refractivity contribution < 1.29 is 9.90 Å². The predicted octanol–water partition coefficient (Wildman–Crippen LogP) is 4.31. The van der Waals surface area contributed by atoms with Crippen molar-refractivity contribution in [3.8, 4) is 0 Å².